The van der Waals surface area contributed by atoms with E-state index >= 15 is 0 Å². The third-order valence-corrected chi connectivity index (χ3v) is 7.06. The Morgan fingerprint density at radius 3 is 2.74 bits per heavy atom. The van der Waals surface area contributed by atoms with Gasteiger partial charge in [-0.25, -0.2) is 18.3 Å². The topological polar surface area (TPSA) is 95.2 Å². The smallest absolute Gasteiger partial charge is 0.168 e. The number of hydrogen-bond acceptors (Lipinski definition) is 6. The third kappa shape index (κ3) is 3.71. The Kier molecular flexibility index (Phi) is 5.24. The first kappa shape index (κ1) is 21.2. The summed E-state index contributed by atoms with van der Waals surface area (Å²) in [7, 11) is 0. The molecule has 34 heavy (non-hydrogen) atoms. The minimum absolute atomic E-state index is 0.226. The maximum atomic E-state index is 14.5. The summed E-state index contributed by atoms with van der Waals surface area (Å²) in [5, 5.41) is 22.9. The van der Waals surface area contributed by atoms with E-state index in [9.17, 15) is 13.9 Å². The molecule has 4 aromatic rings. The second-order valence-electron chi connectivity index (χ2n) is 9.19. The van der Waals surface area contributed by atoms with Crippen molar-refractivity contribution in [3.63, 3.8) is 0 Å². The summed E-state index contributed by atoms with van der Waals surface area (Å²) in [6, 6.07) is 5.17. The molecule has 3 aromatic heterocycles. The molecule has 6 rings (SSSR count). The molecule has 8 nitrogen and oxygen atoms in total. The number of fused-ring (bicyclic) bond motifs is 1. The summed E-state index contributed by atoms with van der Waals surface area (Å²) in [6.45, 7) is 0.702. The lowest BCUT2D eigenvalue weighted by Crippen LogP contribution is -2.24. The van der Waals surface area contributed by atoms with Gasteiger partial charge in [0.25, 0.3) is 0 Å². The number of benzene rings is 1. The molecule has 0 amide bonds. The lowest BCUT2D eigenvalue weighted by atomic mass is 9.87. The largest absolute Gasteiger partial charge is 0.393 e. The molecule has 1 aliphatic heterocycles. The molecule has 176 valence electrons. The zero-order valence-corrected chi connectivity index (χ0v) is 18.5. The van der Waals surface area contributed by atoms with Gasteiger partial charge in [-0.3, -0.25) is 0 Å². The Labute approximate surface area is 194 Å². The highest BCUT2D eigenvalue weighted by Gasteiger charge is 2.30. The monoisotopic (exact) mass is 465 g/mol. The molecule has 1 saturated heterocycles. The van der Waals surface area contributed by atoms with E-state index in [1.807, 2.05) is 17.2 Å². The van der Waals surface area contributed by atoms with Crippen molar-refractivity contribution < 1.29 is 13.9 Å². The van der Waals surface area contributed by atoms with Crippen LogP contribution in [0.25, 0.3) is 17.0 Å². The van der Waals surface area contributed by atoms with Crippen LogP contribution in [0.4, 0.5) is 14.6 Å². The van der Waals surface area contributed by atoms with Gasteiger partial charge in [-0.15, -0.1) is 10.2 Å². The fourth-order valence-corrected chi connectivity index (χ4v) is 5.25. The van der Waals surface area contributed by atoms with Crippen LogP contribution in [0.5, 0.6) is 0 Å². The number of nitrogens with zero attached hydrogens (tertiary/aromatic N) is 6. The number of aliphatic hydroxyl groups is 1. The highest BCUT2D eigenvalue weighted by atomic mass is 19.1. The first-order chi connectivity index (χ1) is 16.6. The Hall–Kier alpha value is -3.40. The predicted octanol–water partition coefficient (Wildman–Crippen LogP) is 4.15. The highest BCUT2D eigenvalue weighted by Crippen LogP contribution is 2.37. The van der Waals surface area contributed by atoms with E-state index in [0.29, 0.717) is 29.4 Å². The Balaban J connectivity index is 1.32. The van der Waals surface area contributed by atoms with E-state index in [-0.39, 0.29) is 18.1 Å². The van der Waals surface area contributed by atoms with Crippen LogP contribution in [0.3, 0.4) is 0 Å². The van der Waals surface area contributed by atoms with Gasteiger partial charge in [-0.05, 0) is 62.8 Å². The Morgan fingerprint density at radius 1 is 1.03 bits per heavy atom. The summed E-state index contributed by atoms with van der Waals surface area (Å²) in [5.74, 6) is 1.49. The molecule has 2 aliphatic rings. The lowest BCUT2D eigenvalue weighted by Gasteiger charge is -2.26. The van der Waals surface area contributed by atoms with Crippen LogP contribution in [-0.4, -0.2) is 47.5 Å². The number of aromatic amines is 1. The molecule has 2 fully saturated rings. The van der Waals surface area contributed by atoms with Crippen molar-refractivity contribution in [2.75, 3.05) is 11.4 Å². The molecule has 1 aromatic carbocycles. The van der Waals surface area contributed by atoms with Crippen molar-refractivity contribution in [3.05, 3.63) is 59.7 Å². The first-order valence-corrected chi connectivity index (χ1v) is 11.7. The van der Waals surface area contributed by atoms with Crippen molar-refractivity contribution in [2.45, 2.75) is 56.6 Å². The maximum absolute atomic E-state index is 14.5. The SMILES string of the molecule is O[C@H]1CC[C@@H](c2nnc(-c3cnn4ccc(N5CCC[C@@H]5c5cc(F)ccc5F)nc34)[nH]2)CC1. The van der Waals surface area contributed by atoms with Crippen LogP contribution in [0, 0.1) is 11.6 Å². The standard InChI is InChI=1S/C24H25F2N7O/c25-15-5-8-19(26)17(12-15)20-2-1-10-32(20)21-9-11-33-24(28-21)18(13-27-33)23-29-22(30-31-23)14-3-6-16(34)7-4-14/h5,8-9,11-14,16,20,34H,1-4,6-7,10H2,(H,29,30,31)/t14-,16+,20-/m1/s1. The van der Waals surface area contributed by atoms with Crippen molar-refractivity contribution in [1.82, 2.24) is 29.8 Å². The van der Waals surface area contributed by atoms with Crippen molar-refractivity contribution in [2.24, 2.45) is 0 Å². The molecule has 2 N–H and O–H groups in total. The molecule has 1 aliphatic carbocycles. The number of anilines is 1. The number of H-pyrrole nitrogens is 1. The van der Waals surface area contributed by atoms with Crippen LogP contribution in [-0.2, 0) is 0 Å². The molecule has 1 atom stereocenters. The molecule has 0 bridgehead atoms. The number of rotatable bonds is 4. The van der Waals surface area contributed by atoms with E-state index in [1.54, 1.807) is 10.7 Å². The predicted molar refractivity (Wildman–Crippen MR) is 121 cm³/mol. The first-order valence-electron chi connectivity index (χ1n) is 11.7. The van der Waals surface area contributed by atoms with Gasteiger partial charge in [0.15, 0.2) is 11.5 Å². The van der Waals surface area contributed by atoms with Gasteiger partial charge in [0.1, 0.15) is 23.3 Å². The summed E-state index contributed by atoms with van der Waals surface area (Å²) in [4.78, 5) is 10.2. The Bertz CT molecular complexity index is 1330. The van der Waals surface area contributed by atoms with Crippen LogP contribution in [0.15, 0.2) is 36.7 Å². The van der Waals surface area contributed by atoms with Gasteiger partial charge in [-0.1, -0.05) is 0 Å². The summed E-state index contributed by atoms with van der Waals surface area (Å²) < 4.78 is 30.0. The quantitative estimate of drug-likeness (QED) is 0.470. The maximum Gasteiger partial charge on any atom is 0.168 e. The third-order valence-electron chi connectivity index (χ3n) is 7.06. The molecule has 10 heteroatoms. The minimum atomic E-state index is -0.446. The molecule has 4 heterocycles. The highest BCUT2D eigenvalue weighted by molar-refractivity contribution is 5.73. The van der Waals surface area contributed by atoms with Gasteiger partial charge in [0.05, 0.1) is 23.9 Å². The molecular formula is C24H25F2N7O. The number of aliphatic hydroxyl groups excluding tert-OH is 1. The molecule has 0 unspecified atom stereocenters. The van der Waals surface area contributed by atoms with Crippen LogP contribution >= 0.6 is 0 Å². The van der Waals surface area contributed by atoms with Crippen LogP contribution in [0.2, 0.25) is 0 Å². The van der Waals surface area contributed by atoms with E-state index in [1.165, 1.54) is 12.1 Å². The van der Waals surface area contributed by atoms with E-state index in [2.05, 4.69) is 20.3 Å². The number of halogens is 2. The van der Waals surface area contributed by atoms with Gasteiger partial charge in [-0.2, -0.15) is 5.10 Å². The van der Waals surface area contributed by atoms with Gasteiger partial charge in [0, 0.05) is 24.2 Å². The lowest BCUT2D eigenvalue weighted by molar-refractivity contribution is 0.121. The molecule has 0 spiro atoms. The summed E-state index contributed by atoms with van der Waals surface area (Å²) in [5.41, 5.74) is 1.69. The normalized spacial score (nSPS) is 23.1. The fourth-order valence-electron chi connectivity index (χ4n) is 5.25. The zero-order valence-electron chi connectivity index (χ0n) is 18.5. The van der Waals surface area contributed by atoms with Gasteiger partial charge in [0.2, 0.25) is 0 Å². The Morgan fingerprint density at radius 2 is 1.88 bits per heavy atom. The van der Waals surface area contributed by atoms with Crippen molar-refractivity contribution in [1.29, 1.82) is 0 Å². The average Bonchev–Trinajstić information content (AvgIpc) is 3.60. The fraction of sp³-hybridized carbons (Fsp3) is 0.417. The summed E-state index contributed by atoms with van der Waals surface area (Å²) in [6.07, 6.45) is 8.17. The second kappa shape index (κ2) is 8.43. The van der Waals surface area contributed by atoms with Gasteiger partial charge < -0.3 is 15.0 Å². The van der Waals surface area contributed by atoms with Crippen molar-refractivity contribution in [3.8, 4) is 11.4 Å². The molecular weight excluding hydrogens is 440 g/mol. The molecule has 1 saturated carbocycles. The van der Waals surface area contributed by atoms with Crippen molar-refractivity contribution >= 4 is 11.5 Å². The minimum Gasteiger partial charge on any atom is -0.393 e. The number of nitrogens with one attached hydrogen (secondary N) is 1. The van der Waals surface area contributed by atoms with E-state index in [4.69, 9.17) is 4.98 Å². The molecule has 0 radical (unpaired) electrons. The average molecular weight is 466 g/mol. The summed E-state index contributed by atoms with van der Waals surface area (Å²) >= 11 is 0. The second-order valence-corrected chi connectivity index (χ2v) is 9.19. The van der Waals surface area contributed by atoms with Crippen LogP contribution in [0.1, 0.15) is 61.9 Å². The zero-order chi connectivity index (χ0) is 23.2. The number of hydrogen-bond donors (Lipinski definition) is 2. The van der Waals surface area contributed by atoms with Gasteiger partial charge >= 0.3 is 0 Å². The van der Waals surface area contributed by atoms with Crippen LogP contribution < -0.4 is 4.90 Å². The number of aromatic nitrogens is 6. The van der Waals surface area contributed by atoms with E-state index < -0.39 is 11.6 Å². The van der Waals surface area contributed by atoms with E-state index in [0.717, 1.165) is 56.0 Å².